The van der Waals surface area contributed by atoms with Crippen molar-refractivity contribution in [2.45, 2.75) is 13.5 Å². The number of ether oxygens (including phenoxy) is 2. The number of oxazole rings is 1. The Hall–Kier alpha value is -3.28. The second-order valence-electron chi connectivity index (χ2n) is 5.19. The number of rotatable bonds is 7. The van der Waals surface area contributed by atoms with E-state index >= 15 is 0 Å². The summed E-state index contributed by atoms with van der Waals surface area (Å²) in [5.74, 6) is 2.80. The highest BCUT2D eigenvalue weighted by atomic mass is 16.5. The molecule has 1 aromatic carbocycles. The molecule has 0 saturated heterocycles. The number of nitrogens with zero attached hydrogens (tertiary/aromatic N) is 1. The molecule has 3 aromatic rings. The van der Waals surface area contributed by atoms with Crippen molar-refractivity contribution in [1.29, 1.82) is 0 Å². The third kappa shape index (κ3) is 3.80. The second kappa shape index (κ2) is 7.53. The molecule has 0 fully saturated rings. The lowest BCUT2D eigenvalue weighted by molar-refractivity contribution is -0.104. The average molecular weight is 339 g/mol. The number of hydrogen-bond donors (Lipinski definition) is 0. The maximum Gasteiger partial charge on any atom is 0.263 e. The smallest absolute Gasteiger partial charge is 0.263 e. The lowest BCUT2D eigenvalue weighted by Gasteiger charge is -2.10. The fraction of sp³-hybridized carbons (Fsp3) is 0.158. The van der Waals surface area contributed by atoms with Crippen LogP contribution in [0.25, 0.3) is 17.7 Å². The highest BCUT2D eigenvalue weighted by molar-refractivity contribution is 5.74. The van der Waals surface area contributed by atoms with E-state index in [1.165, 1.54) is 6.08 Å². The van der Waals surface area contributed by atoms with E-state index in [2.05, 4.69) is 4.98 Å². The van der Waals surface area contributed by atoms with Crippen LogP contribution in [0, 0.1) is 6.92 Å². The quantitative estimate of drug-likeness (QED) is 0.478. The Labute approximate surface area is 144 Å². The number of methoxy groups -OCH3 is 1. The van der Waals surface area contributed by atoms with Gasteiger partial charge in [-0.1, -0.05) is 12.1 Å². The minimum atomic E-state index is 0.232. The summed E-state index contributed by atoms with van der Waals surface area (Å²) in [5, 5.41) is 0. The molecule has 0 aliphatic heterocycles. The Bertz CT molecular complexity index is 877. The fourth-order valence-corrected chi connectivity index (χ4v) is 2.27. The van der Waals surface area contributed by atoms with E-state index in [0.717, 1.165) is 11.8 Å². The van der Waals surface area contributed by atoms with Crippen molar-refractivity contribution < 1.29 is 23.1 Å². The van der Waals surface area contributed by atoms with E-state index in [9.17, 15) is 4.79 Å². The molecule has 25 heavy (non-hydrogen) atoms. The number of benzene rings is 1. The standard InChI is InChI=1S/C19H17NO5/c1-13-15(20-19(25-13)17-6-4-10-23-17)12-24-16-8-7-14(5-3-9-21)11-18(16)22-2/h3-11H,12H2,1-2H3. The van der Waals surface area contributed by atoms with E-state index in [1.807, 2.05) is 13.0 Å². The normalized spacial score (nSPS) is 11.0. The molecule has 0 N–H and O–H groups in total. The van der Waals surface area contributed by atoms with Crippen LogP contribution in [0.5, 0.6) is 11.5 Å². The van der Waals surface area contributed by atoms with Gasteiger partial charge in [-0.05, 0) is 42.8 Å². The second-order valence-corrected chi connectivity index (χ2v) is 5.19. The number of aryl methyl sites for hydroxylation is 1. The van der Waals surface area contributed by atoms with Crippen molar-refractivity contribution in [1.82, 2.24) is 4.98 Å². The van der Waals surface area contributed by atoms with Crippen LogP contribution in [0.3, 0.4) is 0 Å². The van der Waals surface area contributed by atoms with Crippen LogP contribution >= 0.6 is 0 Å². The highest BCUT2D eigenvalue weighted by Crippen LogP contribution is 2.30. The van der Waals surface area contributed by atoms with Crippen LogP contribution in [-0.2, 0) is 11.4 Å². The van der Waals surface area contributed by atoms with Crippen molar-refractivity contribution in [2.24, 2.45) is 0 Å². The molecule has 0 aliphatic carbocycles. The number of aldehydes is 1. The molecule has 0 atom stereocenters. The van der Waals surface area contributed by atoms with Gasteiger partial charge in [0.25, 0.3) is 5.89 Å². The van der Waals surface area contributed by atoms with Crippen molar-refractivity contribution >= 4 is 12.4 Å². The maximum absolute atomic E-state index is 10.4. The molecule has 2 heterocycles. The molecule has 0 spiro atoms. The molecule has 0 bridgehead atoms. The first-order valence-corrected chi connectivity index (χ1v) is 7.64. The average Bonchev–Trinajstić information content (AvgIpc) is 3.28. The SMILES string of the molecule is COc1cc(C=CC=O)ccc1OCc1nc(-c2ccco2)oc1C. The lowest BCUT2D eigenvalue weighted by atomic mass is 10.2. The van der Waals surface area contributed by atoms with Crippen LogP contribution in [0.2, 0.25) is 0 Å². The number of carbonyl (C=O) groups excluding carboxylic acids is 1. The van der Waals surface area contributed by atoms with Gasteiger partial charge in [-0.2, -0.15) is 0 Å². The van der Waals surface area contributed by atoms with Gasteiger partial charge in [-0.15, -0.1) is 0 Å². The number of allylic oxidation sites excluding steroid dienone is 1. The van der Waals surface area contributed by atoms with Crippen molar-refractivity contribution in [2.75, 3.05) is 7.11 Å². The molecule has 2 aromatic heterocycles. The zero-order valence-corrected chi connectivity index (χ0v) is 13.9. The van der Waals surface area contributed by atoms with Gasteiger partial charge in [-0.25, -0.2) is 4.98 Å². The first-order valence-electron chi connectivity index (χ1n) is 7.64. The summed E-state index contributed by atoms with van der Waals surface area (Å²) >= 11 is 0. The van der Waals surface area contributed by atoms with Gasteiger partial charge < -0.3 is 18.3 Å². The van der Waals surface area contributed by atoms with Gasteiger partial charge in [0.1, 0.15) is 24.3 Å². The summed E-state index contributed by atoms with van der Waals surface area (Å²) in [6, 6.07) is 8.97. The van der Waals surface area contributed by atoms with Crippen LogP contribution in [-0.4, -0.2) is 18.4 Å². The van der Waals surface area contributed by atoms with E-state index in [4.69, 9.17) is 18.3 Å². The van der Waals surface area contributed by atoms with Crippen molar-refractivity contribution in [3.63, 3.8) is 0 Å². The Morgan fingerprint density at radius 2 is 2.12 bits per heavy atom. The van der Waals surface area contributed by atoms with Gasteiger partial charge >= 0.3 is 0 Å². The van der Waals surface area contributed by atoms with Crippen LogP contribution in [0.4, 0.5) is 0 Å². The summed E-state index contributed by atoms with van der Waals surface area (Å²) in [7, 11) is 1.56. The molecule has 0 radical (unpaired) electrons. The van der Waals surface area contributed by atoms with Crippen molar-refractivity contribution in [3.05, 3.63) is 59.7 Å². The molecule has 3 rings (SSSR count). The molecule has 6 nitrogen and oxygen atoms in total. The zero-order chi connectivity index (χ0) is 17.6. The highest BCUT2D eigenvalue weighted by Gasteiger charge is 2.14. The first-order chi connectivity index (χ1) is 12.2. The van der Waals surface area contributed by atoms with E-state index in [0.29, 0.717) is 34.6 Å². The number of carbonyl (C=O) groups is 1. The summed E-state index contributed by atoms with van der Waals surface area (Å²) in [6.45, 7) is 2.05. The van der Waals surface area contributed by atoms with Gasteiger partial charge in [0.15, 0.2) is 17.3 Å². The molecular formula is C19H17NO5. The Morgan fingerprint density at radius 1 is 1.24 bits per heavy atom. The van der Waals surface area contributed by atoms with E-state index < -0.39 is 0 Å². The predicted octanol–water partition coefficient (Wildman–Crippen LogP) is 4.04. The van der Waals surface area contributed by atoms with Gasteiger partial charge in [-0.3, -0.25) is 4.79 Å². The molecule has 0 saturated carbocycles. The zero-order valence-electron chi connectivity index (χ0n) is 13.9. The van der Waals surface area contributed by atoms with Gasteiger partial charge in [0, 0.05) is 0 Å². The number of hydrogen-bond acceptors (Lipinski definition) is 6. The summed E-state index contributed by atoms with van der Waals surface area (Å²) < 4.78 is 22.0. The van der Waals surface area contributed by atoms with E-state index in [1.54, 1.807) is 43.7 Å². The molecule has 0 aliphatic rings. The minimum Gasteiger partial charge on any atom is -0.493 e. The predicted molar refractivity (Wildman–Crippen MR) is 91.4 cm³/mol. The summed E-state index contributed by atoms with van der Waals surface area (Å²) in [6.07, 6.45) is 5.40. The first kappa shape index (κ1) is 16.6. The van der Waals surface area contributed by atoms with Crippen LogP contribution in [0.15, 0.2) is 51.5 Å². The molecule has 0 unspecified atom stereocenters. The Balaban J connectivity index is 1.75. The van der Waals surface area contributed by atoms with Gasteiger partial charge in [0.05, 0.1) is 13.4 Å². The van der Waals surface area contributed by atoms with Crippen LogP contribution in [0.1, 0.15) is 17.0 Å². The van der Waals surface area contributed by atoms with Gasteiger partial charge in [0.2, 0.25) is 0 Å². The molecule has 0 amide bonds. The number of furan rings is 1. The summed E-state index contributed by atoms with van der Waals surface area (Å²) in [5.41, 5.74) is 1.52. The Kier molecular flexibility index (Phi) is 4.99. The lowest BCUT2D eigenvalue weighted by Crippen LogP contribution is -1.99. The van der Waals surface area contributed by atoms with Crippen LogP contribution < -0.4 is 9.47 Å². The monoisotopic (exact) mass is 339 g/mol. The third-order valence-electron chi connectivity index (χ3n) is 3.54. The molecular weight excluding hydrogens is 322 g/mol. The third-order valence-corrected chi connectivity index (χ3v) is 3.54. The topological polar surface area (TPSA) is 74.7 Å². The molecule has 128 valence electrons. The maximum atomic E-state index is 10.4. The molecule has 6 heteroatoms. The summed E-state index contributed by atoms with van der Waals surface area (Å²) in [4.78, 5) is 14.8. The fourth-order valence-electron chi connectivity index (χ4n) is 2.27. The van der Waals surface area contributed by atoms with Crippen molar-refractivity contribution in [3.8, 4) is 23.1 Å². The Morgan fingerprint density at radius 3 is 2.84 bits per heavy atom. The minimum absolute atomic E-state index is 0.232. The van der Waals surface area contributed by atoms with E-state index in [-0.39, 0.29) is 6.61 Å². The number of aromatic nitrogens is 1. The largest absolute Gasteiger partial charge is 0.493 e.